The van der Waals surface area contributed by atoms with Crippen LogP contribution in [0.1, 0.15) is 113 Å². The van der Waals surface area contributed by atoms with Crippen LogP contribution in [0.25, 0.3) is 0 Å². The fourth-order valence-corrected chi connectivity index (χ4v) is 9.94. The Morgan fingerprint density at radius 2 is 1.56 bits per heavy atom. The van der Waals surface area contributed by atoms with Crippen molar-refractivity contribution in [3.63, 3.8) is 0 Å². The van der Waals surface area contributed by atoms with Crippen molar-refractivity contribution in [1.29, 1.82) is 0 Å². The quantitative estimate of drug-likeness (QED) is 0.405. The van der Waals surface area contributed by atoms with Crippen LogP contribution in [0.4, 0.5) is 0 Å². The maximum Gasteiger partial charge on any atom is 0.313 e. The van der Waals surface area contributed by atoms with Crippen molar-refractivity contribution >= 4 is 11.9 Å². The maximum atomic E-state index is 12.7. The van der Waals surface area contributed by atoms with Crippen molar-refractivity contribution in [2.45, 2.75) is 113 Å². The summed E-state index contributed by atoms with van der Waals surface area (Å²) in [6.07, 6.45) is 11.2. The highest BCUT2D eigenvalue weighted by atomic mass is 16.4. The molecule has 34 heavy (non-hydrogen) atoms. The Hall–Kier alpha value is -1.32. The van der Waals surface area contributed by atoms with Crippen molar-refractivity contribution < 1.29 is 19.8 Å². The number of fused-ring (bicyclic) bond motifs is 5. The average Bonchev–Trinajstić information content (AvgIpc) is 2.72. The summed E-state index contributed by atoms with van der Waals surface area (Å²) in [6.45, 7) is 16.5. The number of carboxylic acids is 2. The van der Waals surface area contributed by atoms with E-state index in [-0.39, 0.29) is 28.1 Å². The van der Waals surface area contributed by atoms with Gasteiger partial charge in [0.05, 0.1) is 5.41 Å². The Morgan fingerprint density at radius 1 is 0.912 bits per heavy atom. The topological polar surface area (TPSA) is 74.6 Å². The fraction of sp³-hybridized carbons (Fsp3) is 0.867. The third-order valence-electron chi connectivity index (χ3n) is 12.0. The molecule has 0 heterocycles. The summed E-state index contributed by atoms with van der Waals surface area (Å²) < 4.78 is 0. The van der Waals surface area contributed by atoms with Crippen LogP contribution < -0.4 is 0 Å². The second kappa shape index (κ2) is 8.10. The Morgan fingerprint density at radius 3 is 2.15 bits per heavy atom. The van der Waals surface area contributed by atoms with Gasteiger partial charge in [-0.2, -0.15) is 0 Å². The Labute approximate surface area is 207 Å². The molecule has 0 spiro atoms. The summed E-state index contributed by atoms with van der Waals surface area (Å²) in [5.41, 5.74) is 0.778. The van der Waals surface area contributed by atoms with E-state index in [1.165, 1.54) is 12.0 Å². The minimum atomic E-state index is -0.686. The smallest absolute Gasteiger partial charge is 0.313 e. The van der Waals surface area contributed by atoms with E-state index < -0.39 is 17.4 Å². The molecule has 0 aromatic carbocycles. The first-order chi connectivity index (χ1) is 15.6. The first kappa shape index (κ1) is 25.8. The van der Waals surface area contributed by atoms with Crippen LogP contribution in [0.2, 0.25) is 0 Å². The molecule has 0 aromatic rings. The fourth-order valence-electron chi connectivity index (χ4n) is 9.94. The lowest BCUT2D eigenvalue weighted by Gasteiger charge is -2.70. The lowest BCUT2D eigenvalue weighted by molar-refractivity contribution is -0.198. The lowest BCUT2D eigenvalue weighted by Crippen LogP contribution is -2.63. The number of rotatable bonds is 5. The van der Waals surface area contributed by atoms with Crippen LogP contribution >= 0.6 is 0 Å². The minimum Gasteiger partial charge on any atom is -0.481 e. The molecule has 0 amide bonds. The van der Waals surface area contributed by atoms with Crippen molar-refractivity contribution in [2.24, 2.45) is 50.7 Å². The summed E-state index contributed by atoms with van der Waals surface area (Å²) in [5, 5.41) is 20.0. The Kier molecular flexibility index (Phi) is 6.14. The molecular formula is C30H48O4. The molecule has 3 fully saturated rings. The van der Waals surface area contributed by atoms with Crippen molar-refractivity contribution in [1.82, 2.24) is 0 Å². The van der Waals surface area contributed by atoms with E-state index in [0.717, 1.165) is 51.4 Å². The van der Waals surface area contributed by atoms with Gasteiger partial charge in [0.25, 0.3) is 0 Å². The molecule has 4 aliphatic carbocycles. The number of hydrogen-bond donors (Lipinski definition) is 2. The second-order valence-corrected chi connectivity index (χ2v) is 14.3. The number of carboxylic acid groups (broad SMARTS) is 2. The van der Waals surface area contributed by atoms with Gasteiger partial charge in [0.1, 0.15) is 0 Å². The number of hydrogen-bond acceptors (Lipinski definition) is 2. The Bertz CT molecular complexity index is 886. The molecule has 0 radical (unpaired) electrons. The third kappa shape index (κ3) is 3.52. The zero-order chi connectivity index (χ0) is 25.3. The van der Waals surface area contributed by atoms with Gasteiger partial charge in [-0.25, -0.2) is 0 Å². The molecule has 0 bridgehead atoms. The number of aliphatic carboxylic acids is 2. The van der Waals surface area contributed by atoms with E-state index in [0.29, 0.717) is 23.7 Å². The first-order valence-corrected chi connectivity index (χ1v) is 13.8. The van der Waals surface area contributed by atoms with Gasteiger partial charge in [0, 0.05) is 6.42 Å². The van der Waals surface area contributed by atoms with Gasteiger partial charge < -0.3 is 10.2 Å². The maximum absolute atomic E-state index is 12.7. The van der Waals surface area contributed by atoms with Crippen molar-refractivity contribution in [2.75, 3.05) is 0 Å². The molecule has 0 aliphatic heterocycles. The molecule has 192 valence electrons. The van der Waals surface area contributed by atoms with Crippen LogP contribution in [0.3, 0.4) is 0 Å². The molecule has 3 saturated carbocycles. The molecule has 4 nitrogen and oxygen atoms in total. The lowest BCUT2D eigenvalue weighted by atomic mass is 9.34. The van der Waals surface area contributed by atoms with Crippen LogP contribution in [-0.4, -0.2) is 22.2 Å². The van der Waals surface area contributed by atoms with E-state index >= 15 is 0 Å². The number of carbonyl (C=O) groups is 2. The van der Waals surface area contributed by atoms with Gasteiger partial charge in [0.15, 0.2) is 0 Å². The predicted octanol–water partition coefficient (Wildman–Crippen LogP) is 7.57. The Balaban J connectivity index is 1.79. The van der Waals surface area contributed by atoms with Gasteiger partial charge >= 0.3 is 11.9 Å². The highest BCUT2D eigenvalue weighted by Gasteiger charge is 2.68. The molecule has 4 heteroatoms. The molecule has 4 aliphatic rings. The zero-order valence-electron chi connectivity index (χ0n) is 22.7. The average molecular weight is 473 g/mol. The molecular weight excluding hydrogens is 424 g/mol. The summed E-state index contributed by atoms with van der Waals surface area (Å²) in [5.74, 6) is 0.586. The molecule has 1 unspecified atom stereocenters. The SMILES string of the molecule is CC(C)[C@@H]1CC[C@]2(C)[C@H](CCC3C4=CC(C)(C)CC[C@]4(C(=O)O)CC[C@]32C)[C@@]1(C)CCC(=O)O. The molecule has 4 rings (SSSR count). The van der Waals surface area contributed by atoms with Gasteiger partial charge in [-0.3, -0.25) is 9.59 Å². The van der Waals surface area contributed by atoms with Crippen molar-refractivity contribution in [3.05, 3.63) is 11.6 Å². The standard InChI is InChI=1S/C30H48O4/c1-19(2)20-10-13-29(7)23(27(20,5)12-11-24(31)32)9-8-21-22-18-26(3,4)14-16-30(22,25(33)34)17-15-28(21,29)6/h18-21,23H,8-17H2,1-7H3,(H,31,32)(H,33,34)/t20-,21?,23+,27-,28+,29+,30-/m0/s1. The molecule has 7 atom stereocenters. The highest BCUT2D eigenvalue weighted by molar-refractivity contribution is 5.80. The summed E-state index contributed by atoms with van der Waals surface area (Å²) in [4.78, 5) is 24.4. The van der Waals surface area contributed by atoms with Crippen molar-refractivity contribution in [3.8, 4) is 0 Å². The predicted molar refractivity (Wildman–Crippen MR) is 135 cm³/mol. The minimum absolute atomic E-state index is 0.00901. The third-order valence-corrected chi connectivity index (χ3v) is 12.0. The normalized spacial score (nSPS) is 45.5. The largest absolute Gasteiger partial charge is 0.481 e. The zero-order valence-corrected chi connectivity index (χ0v) is 22.7. The van der Waals surface area contributed by atoms with E-state index in [1.54, 1.807) is 0 Å². The molecule has 2 N–H and O–H groups in total. The summed E-state index contributed by atoms with van der Waals surface area (Å²) in [6, 6.07) is 0. The van der Waals surface area contributed by atoms with E-state index in [2.05, 4.69) is 54.5 Å². The monoisotopic (exact) mass is 472 g/mol. The van der Waals surface area contributed by atoms with Crippen LogP contribution in [-0.2, 0) is 9.59 Å². The van der Waals surface area contributed by atoms with E-state index in [1.807, 2.05) is 0 Å². The van der Waals surface area contributed by atoms with Crippen LogP contribution in [0.5, 0.6) is 0 Å². The van der Waals surface area contributed by atoms with Gasteiger partial charge in [-0.05, 0) is 103 Å². The van der Waals surface area contributed by atoms with Gasteiger partial charge in [0.2, 0.25) is 0 Å². The summed E-state index contributed by atoms with van der Waals surface area (Å²) >= 11 is 0. The molecule has 0 saturated heterocycles. The highest BCUT2D eigenvalue weighted by Crippen LogP contribution is 2.74. The van der Waals surface area contributed by atoms with Crippen LogP contribution in [0, 0.1) is 50.7 Å². The molecule has 0 aromatic heterocycles. The summed E-state index contributed by atoms with van der Waals surface area (Å²) in [7, 11) is 0. The van der Waals surface area contributed by atoms with Gasteiger partial charge in [-0.1, -0.05) is 60.1 Å². The van der Waals surface area contributed by atoms with Gasteiger partial charge in [-0.15, -0.1) is 0 Å². The van der Waals surface area contributed by atoms with E-state index in [9.17, 15) is 19.8 Å². The van der Waals surface area contributed by atoms with Crippen LogP contribution in [0.15, 0.2) is 11.6 Å². The second-order valence-electron chi connectivity index (χ2n) is 14.3. The number of allylic oxidation sites excluding steroid dienone is 1. The van der Waals surface area contributed by atoms with E-state index in [4.69, 9.17) is 0 Å². The first-order valence-electron chi connectivity index (χ1n) is 13.8.